The van der Waals surface area contributed by atoms with Crippen LogP contribution >= 0.6 is 15.9 Å². The molecule has 2 nitrogen and oxygen atoms in total. The molecule has 0 unspecified atom stereocenters. The Balaban J connectivity index is 2.22. The normalized spacial score (nSPS) is 10.6. The fourth-order valence-corrected chi connectivity index (χ4v) is 2.49. The van der Waals surface area contributed by atoms with Crippen molar-refractivity contribution in [2.45, 2.75) is 13.5 Å². The van der Waals surface area contributed by atoms with E-state index in [1.54, 1.807) is 6.07 Å². The number of nitrogens with one attached hydrogen (secondary N) is 1. The van der Waals surface area contributed by atoms with Crippen molar-refractivity contribution in [3.8, 4) is 0 Å². The Bertz CT molecular complexity index is 586. The Morgan fingerprint density at radius 2 is 1.90 bits per heavy atom. The van der Waals surface area contributed by atoms with Gasteiger partial charge in [-0.15, -0.1) is 0 Å². The Morgan fingerprint density at radius 3 is 2.55 bits per heavy atom. The van der Waals surface area contributed by atoms with E-state index in [0.717, 1.165) is 28.9 Å². The number of hydrogen-bond acceptors (Lipinski definition) is 2. The summed E-state index contributed by atoms with van der Waals surface area (Å²) in [7, 11) is 1.93. The van der Waals surface area contributed by atoms with Crippen LogP contribution in [-0.4, -0.2) is 13.6 Å². The summed E-state index contributed by atoms with van der Waals surface area (Å²) in [6, 6.07) is 12.8. The molecular weight excluding hydrogens is 319 g/mol. The van der Waals surface area contributed by atoms with Crippen LogP contribution in [0.3, 0.4) is 0 Å². The maximum Gasteiger partial charge on any atom is 0.125 e. The minimum Gasteiger partial charge on any atom is -0.345 e. The van der Waals surface area contributed by atoms with Crippen molar-refractivity contribution >= 4 is 27.3 Å². The molecule has 1 N–H and O–H groups in total. The van der Waals surface area contributed by atoms with Gasteiger partial charge in [-0.2, -0.15) is 0 Å². The summed E-state index contributed by atoms with van der Waals surface area (Å²) in [5, 5.41) is 3.30. The summed E-state index contributed by atoms with van der Waals surface area (Å²) in [5.41, 5.74) is 3.06. The third-order valence-corrected chi connectivity index (χ3v) is 3.92. The first-order valence-electron chi connectivity index (χ1n) is 6.60. The molecule has 0 aliphatic carbocycles. The summed E-state index contributed by atoms with van der Waals surface area (Å²) in [6.07, 6.45) is 0. The highest BCUT2D eigenvalue weighted by molar-refractivity contribution is 9.10. The molecule has 0 saturated carbocycles. The number of rotatable bonds is 5. The van der Waals surface area contributed by atoms with Gasteiger partial charge >= 0.3 is 0 Å². The van der Waals surface area contributed by atoms with E-state index in [0.29, 0.717) is 0 Å². The van der Waals surface area contributed by atoms with Crippen LogP contribution in [-0.2, 0) is 6.54 Å². The molecule has 0 aromatic heterocycles. The molecule has 0 amide bonds. The Hall–Kier alpha value is -1.39. The van der Waals surface area contributed by atoms with Gasteiger partial charge in [0.25, 0.3) is 0 Å². The number of benzene rings is 2. The van der Waals surface area contributed by atoms with Crippen LogP contribution in [0.25, 0.3) is 0 Å². The lowest BCUT2D eigenvalue weighted by Gasteiger charge is -2.20. The second-order valence-electron chi connectivity index (χ2n) is 4.59. The molecule has 0 heterocycles. The Kier molecular flexibility index (Phi) is 5.15. The molecule has 0 atom stereocenters. The quantitative estimate of drug-likeness (QED) is 0.866. The second kappa shape index (κ2) is 6.86. The highest BCUT2D eigenvalue weighted by Crippen LogP contribution is 2.28. The van der Waals surface area contributed by atoms with Gasteiger partial charge in [0.05, 0.1) is 0 Å². The topological polar surface area (TPSA) is 15.3 Å². The molecule has 4 heteroatoms. The largest absolute Gasteiger partial charge is 0.345 e. The standard InChI is InChI=1S/C16H18BrFN2/c1-3-19-11-12-7-8-15(10-16(12)17)20(2)14-6-4-5-13(18)9-14/h4-10,19H,3,11H2,1-2H3. The lowest BCUT2D eigenvalue weighted by molar-refractivity contribution is 0.628. The van der Waals surface area contributed by atoms with Gasteiger partial charge in [0.1, 0.15) is 5.82 Å². The lowest BCUT2D eigenvalue weighted by Crippen LogP contribution is -2.13. The lowest BCUT2D eigenvalue weighted by atomic mass is 10.2. The molecule has 2 aromatic rings. The van der Waals surface area contributed by atoms with Crippen LogP contribution in [0.1, 0.15) is 12.5 Å². The van der Waals surface area contributed by atoms with Gasteiger partial charge in [0, 0.05) is 29.4 Å². The van der Waals surface area contributed by atoms with Crippen LogP contribution in [0.15, 0.2) is 46.9 Å². The number of halogens is 2. The molecule has 2 rings (SSSR count). The molecule has 0 aliphatic heterocycles. The van der Waals surface area contributed by atoms with Gasteiger partial charge in [0.2, 0.25) is 0 Å². The number of anilines is 2. The maximum absolute atomic E-state index is 13.3. The highest BCUT2D eigenvalue weighted by atomic mass is 79.9. The van der Waals surface area contributed by atoms with Crippen molar-refractivity contribution in [3.63, 3.8) is 0 Å². The molecule has 0 bridgehead atoms. The van der Waals surface area contributed by atoms with E-state index in [4.69, 9.17) is 0 Å². The van der Waals surface area contributed by atoms with Crippen molar-refractivity contribution < 1.29 is 4.39 Å². The number of hydrogen-bond donors (Lipinski definition) is 1. The molecular formula is C16H18BrFN2. The van der Waals surface area contributed by atoms with Gasteiger partial charge in [-0.05, 0) is 42.4 Å². The average molecular weight is 337 g/mol. The summed E-state index contributed by atoms with van der Waals surface area (Å²) in [4.78, 5) is 1.96. The van der Waals surface area contributed by atoms with Crippen molar-refractivity contribution in [1.29, 1.82) is 0 Å². The van der Waals surface area contributed by atoms with Crippen molar-refractivity contribution in [1.82, 2.24) is 5.32 Å². The third kappa shape index (κ3) is 3.58. The Morgan fingerprint density at radius 1 is 1.15 bits per heavy atom. The van der Waals surface area contributed by atoms with E-state index in [9.17, 15) is 4.39 Å². The van der Waals surface area contributed by atoms with Crippen LogP contribution in [0.5, 0.6) is 0 Å². The van der Waals surface area contributed by atoms with Gasteiger partial charge < -0.3 is 10.2 Å². The minimum atomic E-state index is -0.225. The van der Waals surface area contributed by atoms with E-state index in [-0.39, 0.29) is 5.82 Å². The molecule has 0 saturated heterocycles. The maximum atomic E-state index is 13.3. The minimum absolute atomic E-state index is 0.225. The smallest absolute Gasteiger partial charge is 0.125 e. The summed E-state index contributed by atoms with van der Waals surface area (Å²) >= 11 is 3.59. The SMILES string of the molecule is CCNCc1ccc(N(C)c2cccc(F)c2)cc1Br. The second-order valence-corrected chi connectivity index (χ2v) is 5.45. The predicted octanol–water partition coefficient (Wildman–Crippen LogP) is 4.47. The van der Waals surface area contributed by atoms with Gasteiger partial charge in [-0.1, -0.05) is 35.0 Å². The van der Waals surface area contributed by atoms with Crippen molar-refractivity contribution in [3.05, 3.63) is 58.3 Å². The van der Waals surface area contributed by atoms with Crippen molar-refractivity contribution in [2.75, 3.05) is 18.5 Å². The van der Waals surface area contributed by atoms with Gasteiger partial charge in [-0.25, -0.2) is 4.39 Å². The van der Waals surface area contributed by atoms with E-state index >= 15 is 0 Å². The van der Waals surface area contributed by atoms with Crippen LogP contribution in [0.4, 0.5) is 15.8 Å². The summed E-state index contributed by atoms with van der Waals surface area (Å²) < 4.78 is 14.3. The predicted molar refractivity (Wildman–Crippen MR) is 86.0 cm³/mol. The first-order valence-corrected chi connectivity index (χ1v) is 7.39. The van der Waals surface area contributed by atoms with E-state index in [1.807, 2.05) is 24.1 Å². The van der Waals surface area contributed by atoms with E-state index in [1.165, 1.54) is 17.7 Å². The van der Waals surface area contributed by atoms with Gasteiger partial charge in [-0.3, -0.25) is 0 Å². The monoisotopic (exact) mass is 336 g/mol. The highest BCUT2D eigenvalue weighted by Gasteiger charge is 2.07. The zero-order chi connectivity index (χ0) is 14.5. The Labute approximate surface area is 127 Å². The van der Waals surface area contributed by atoms with E-state index in [2.05, 4.69) is 40.3 Å². The van der Waals surface area contributed by atoms with Crippen LogP contribution in [0, 0.1) is 5.82 Å². The fraction of sp³-hybridized carbons (Fsp3) is 0.250. The first kappa shape index (κ1) is 15.0. The molecule has 0 spiro atoms. The number of nitrogens with zero attached hydrogens (tertiary/aromatic N) is 1. The van der Waals surface area contributed by atoms with Crippen LogP contribution < -0.4 is 10.2 Å². The van der Waals surface area contributed by atoms with Crippen LogP contribution in [0.2, 0.25) is 0 Å². The fourth-order valence-electron chi connectivity index (χ4n) is 1.98. The molecule has 0 aliphatic rings. The molecule has 20 heavy (non-hydrogen) atoms. The third-order valence-electron chi connectivity index (χ3n) is 3.18. The molecule has 106 valence electrons. The summed E-state index contributed by atoms with van der Waals surface area (Å²) in [5.74, 6) is -0.225. The zero-order valence-corrected chi connectivity index (χ0v) is 13.2. The summed E-state index contributed by atoms with van der Waals surface area (Å²) in [6.45, 7) is 3.86. The first-order chi connectivity index (χ1) is 9.61. The average Bonchev–Trinajstić information content (AvgIpc) is 2.45. The molecule has 0 radical (unpaired) electrons. The van der Waals surface area contributed by atoms with E-state index < -0.39 is 0 Å². The zero-order valence-electron chi connectivity index (χ0n) is 11.7. The molecule has 2 aromatic carbocycles. The van der Waals surface area contributed by atoms with Gasteiger partial charge in [0.15, 0.2) is 0 Å². The van der Waals surface area contributed by atoms with Crippen molar-refractivity contribution in [2.24, 2.45) is 0 Å². The molecule has 0 fully saturated rings.